The number of hydrogen-bond acceptors (Lipinski definition) is 3. The van der Waals surface area contributed by atoms with Gasteiger partial charge in [0, 0.05) is 18.9 Å². The molecule has 0 atom stereocenters. The summed E-state index contributed by atoms with van der Waals surface area (Å²) in [5.41, 5.74) is 6.22. The molecule has 1 aromatic heterocycles. The molecule has 2 rings (SSSR count). The minimum absolute atomic E-state index is 0.0193. The predicted molar refractivity (Wildman–Crippen MR) is 68.7 cm³/mol. The van der Waals surface area contributed by atoms with Crippen LogP contribution >= 0.6 is 0 Å². The van der Waals surface area contributed by atoms with Gasteiger partial charge in [-0.1, -0.05) is 27.2 Å². The molecular weight excluding hydrogens is 212 g/mol. The summed E-state index contributed by atoms with van der Waals surface area (Å²) in [6.45, 7) is 7.21. The molecule has 1 aliphatic carbocycles. The van der Waals surface area contributed by atoms with Crippen molar-refractivity contribution in [3.05, 3.63) is 11.6 Å². The van der Waals surface area contributed by atoms with Gasteiger partial charge in [-0.25, -0.2) is 4.98 Å². The SMILES string of the molecule is Cn1nc(C(C)(C)C)nc1CC1(CN)CCC1. The maximum absolute atomic E-state index is 5.90. The van der Waals surface area contributed by atoms with Gasteiger partial charge < -0.3 is 5.73 Å². The Balaban J connectivity index is 2.19. The van der Waals surface area contributed by atoms with Crippen LogP contribution in [-0.2, 0) is 18.9 Å². The second kappa shape index (κ2) is 4.09. The van der Waals surface area contributed by atoms with Crippen LogP contribution in [0.4, 0.5) is 0 Å². The summed E-state index contributed by atoms with van der Waals surface area (Å²) in [5, 5.41) is 4.52. The molecule has 0 bridgehead atoms. The molecule has 1 aliphatic rings. The van der Waals surface area contributed by atoms with E-state index in [4.69, 9.17) is 10.7 Å². The number of nitrogens with two attached hydrogens (primary N) is 1. The Morgan fingerprint density at radius 2 is 2.00 bits per heavy atom. The first-order valence-corrected chi connectivity index (χ1v) is 6.47. The molecule has 96 valence electrons. The number of hydrogen-bond donors (Lipinski definition) is 1. The van der Waals surface area contributed by atoms with Gasteiger partial charge in [0.25, 0.3) is 0 Å². The fourth-order valence-corrected chi connectivity index (χ4v) is 2.35. The zero-order valence-corrected chi connectivity index (χ0v) is 11.5. The quantitative estimate of drug-likeness (QED) is 0.870. The molecule has 2 N–H and O–H groups in total. The molecule has 0 radical (unpaired) electrons. The molecule has 0 amide bonds. The highest BCUT2D eigenvalue weighted by Gasteiger charge is 2.37. The molecule has 0 spiro atoms. The van der Waals surface area contributed by atoms with E-state index in [1.54, 1.807) is 0 Å². The molecule has 1 fully saturated rings. The first-order valence-electron chi connectivity index (χ1n) is 6.47. The van der Waals surface area contributed by atoms with Crippen molar-refractivity contribution >= 4 is 0 Å². The Bertz CT molecular complexity index is 391. The zero-order valence-electron chi connectivity index (χ0n) is 11.5. The monoisotopic (exact) mass is 236 g/mol. The summed E-state index contributed by atoms with van der Waals surface area (Å²) in [4.78, 5) is 4.69. The summed E-state index contributed by atoms with van der Waals surface area (Å²) in [6.07, 6.45) is 4.76. The first-order chi connectivity index (χ1) is 7.86. The number of aryl methyl sites for hydroxylation is 1. The summed E-state index contributed by atoms with van der Waals surface area (Å²) in [7, 11) is 1.99. The van der Waals surface area contributed by atoms with Crippen LogP contribution < -0.4 is 5.73 Å². The van der Waals surface area contributed by atoms with E-state index < -0.39 is 0 Å². The van der Waals surface area contributed by atoms with Crippen molar-refractivity contribution in [3.8, 4) is 0 Å². The van der Waals surface area contributed by atoms with Gasteiger partial charge in [-0.05, 0) is 24.8 Å². The zero-order chi connectivity index (χ0) is 12.7. The highest BCUT2D eigenvalue weighted by molar-refractivity contribution is 5.06. The van der Waals surface area contributed by atoms with Crippen molar-refractivity contribution in [1.82, 2.24) is 14.8 Å². The first kappa shape index (κ1) is 12.6. The maximum atomic E-state index is 5.90. The van der Waals surface area contributed by atoms with Crippen molar-refractivity contribution in [2.24, 2.45) is 18.2 Å². The molecule has 1 heterocycles. The molecular formula is C13H24N4. The predicted octanol–water partition coefficient (Wildman–Crippen LogP) is 1.78. The van der Waals surface area contributed by atoms with E-state index in [9.17, 15) is 0 Å². The van der Waals surface area contributed by atoms with Gasteiger partial charge in [-0.3, -0.25) is 4.68 Å². The van der Waals surface area contributed by atoms with Crippen LogP contribution in [0.2, 0.25) is 0 Å². The van der Waals surface area contributed by atoms with E-state index in [0.29, 0.717) is 5.41 Å². The molecule has 0 aliphatic heterocycles. The summed E-state index contributed by atoms with van der Waals surface area (Å²) in [5.74, 6) is 2.02. The fourth-order valence-electron chi connectivity index (χ4n) is 2.35. The molecule has 0 unspecified atom stereocenters. The van der Waals surface area contributed by atoms with Crippen LogP contribution in [0.5, 0.6) is 0 Å². The molecule has 4 nitrogen and oxygen atoms in total. The Morgan fingerprint density at radius 1 is 1.35 bits per heavy atom. The Morgan fingerprint density at radius 3 is 2.35 bits per heavy atom. The lowest BCUT2D eigenvalue weighted by molar-refractivity contribution is 0.140. The van der Waals surface area contributed by atoms with Crippen LogP contribution in [0.25, 0.3) is 0 Å². The van der Waals surface area contributed by atoms with E-state index in [2.05, 4.69) is 25.9 Å². The minimum atomic E-state index is 0.0193. The van der Waals surface area contributed by atoms with Crippen LogP contribution in [0.1, 0.15) is 51.7 Å². The number of aromatic nitrogens is 3. The average molecular weight is 236 g/mol. The van der Waals surface area contributed by atoms with Gasteiger partial charge in [-0.2, -0.15) is 5.10 Å². The standard InChI is InChI=1S/C13H24N4/c1-12(2,3)11-15-10(17(4)16-11)8-13(9-14)6-5-7-13/h5-9,14H2,1-4H3. The van der Waals surface area contributed by atoms with Crippen molar-refractivity contribution in [2.45, 2.75) is 51.9 Å². The van der Waals surface area contributed by atoms with Crippen LogP contribution in [0.3, 0.4) is 0 Å². The van der Waals surface area contributed by atoms with Crippen LogP contribution in [-0.4, -0.2) is 21.3 Å². The summed E-state index contributed by atoms with van der Waals surface area (Å²) in [6, 6.07) is 0. The van der Waals surface area contributed by atoms with E-state index in [-0.39, 0.29) is 5.41 Å². The summed E-state index contributed by atoms with van der Waals surface area (Å²) >= 11 is 0. The molecule has 1 saturated carbocycles. The number of nitrogens with zero attached hydrogens (tertiary/aromatic N) is 3. The van der Waals surface area contributed by atoms with Gasteiger partial charge in [0.05, 0.1) is 0 Å². The second-order valence-electron chi connectivity index (χ2n) is 6.46. The average Bonchev–Trinajstić information content (AvgIpc) is 2.53. The third kappa shape index (κ3) is 2.37. The van der Waals surface area contributed by atoms with E-state index >= 15 is 0 Å². The molecule has 4 heteroatoms. The largest absolute Gasteiger partial charge is 0.330 e. The van der Waals surface area contributed by atoms with Gasteiger partial charge in [0.2, 0.25) is 0 Å². The third-order valence-corrected chi connectivity index (χ3v) is 3.90. The van der Waals surface area contributed by atoms with Gasteiger partial charge >= 0.3 is 0 Å². The minimum Gasteiger partial charge on any atom is -0.330 e. The van der Waals surface area contributed by atoms with Gasteiger partial charge in [0.1, 0.15) is 5.82 Å². The van der Waals surface area contributed by atoms with Crippen molar-refractivity contribution in [1.29, 1.82) is 0 Å². The van der Waals surface area contributed by atoms with Crippen LogP contribution in [0, 0.1) is 5.41 Å². The Labute approximate surface area is 104 Å². The van der Waals surface area contributed by atoms with Gasteiger partial charge in [0.15, 0.2) is 5.82 Å². The second-order valence-corrected chi connectivity index (χ2v) is 6.46. The lowest BCUT2D eigenvalue weighted by Crippen LogP contribution is -2.39. The molecule has 17 heavy (non-hydrogen) atoms. The Kier molecular flexibility index (Phi) is 3.02. The molecule has 0 saturated heterocycles. The molecule has 0 aromatic carbocycles. The van der Waals surface area contributed by atoms with Crippen molar-refractivity contribution in [2.75, 3.05) is 6.54 Å². The normalized spacial score (nSPS) is 19.1. The maximum Gasteiger partial charge on any atom is 0.156 e. The lowest BCUT2D eigenvalue weighted by Gasteiger charge is -2.40. The number of rotatable bonds is 3. The highest BCUT2D eigenvalue weighted by Crippen LogP contribution is 2.42. The van der Waals surface area contributed by atoms with E-state index in [1.165, 1.54) is 19.3 Å². The fraction of sp³-hybridized carbons (Fsp3) is 0.846. The molecule has 1 aromatic rings. The van der Waals surface area contributed by atoms with Crippen molar-refractivity contribution in [3.63, 3.8) is 0 Å². The smallest absolute Gasteiger partial charge is 0.156 e. The third-order valence-electron chi connectivity index (χ3n) is 3.90. The lowest BCUT2D eigenvalue weighted by atomic mass is 9.66. The highest BCUT2D eigenvalue weighted by atomic mass is 15.3. The summed E-state index contributed by atoms with van der Waals surface area (Å²) < 4.78 is 1.93. The topological polar surface area (TPSA) is 56.7 Å². The Hall–Kier alpha value is -0.900. The van der Waals surface area contributed by atoms with E-state index in [1.807, 2.05) is 11.7 Å². The van der Waals surface area contributed by atoms with E-state index in [0.717, 1.165) is 24.6 Å². The van der Waals surface area contributed by atoms with Gasteiger partial charge in [-0.15, -0.1) is 0 Å². The van der Waals surface area contributed by atoms with Crippen molar-refractivity contribution < 1.29 is 0 Å². The van der Waals surface area contributed by atoms with Crippen LogP contribution in [0.15, 0.2) is 0 Å².